The van der Waals surface area contributed by atoms with Crippen LogP contribution in [0.5, 0.6) is 0 Å². The Labute approximate surface area is 58.7 Å². The molecule has 3 heteroatoms. The number of halogens is 1. The van der Waals surface area contributed by atoms with E-state index in [1.54, 1.807) is 0 Å². The molecule has 0 aromatic heterocycles. The molecule has 0 bridgehead atoms. The smallest absolute Gasteiger partial charge is 0.100 e. The molecular weight excluding hydrogens is 144 g/mol. The SMILES string of the molecule is CC1OCC(CCl)S1. The van der Waals surface area contributed by atoms with Crippen LogP contribution in [0.1, 0.15) is 6.92 Å². The third-order valence-corrected chi connectivity index (χ3v) is 2.84. The van der Waals surface area contributed by atoms with Gasteiger partial charge in [-0.15, -0.1) is 23.4 Å². The van der Waals surface area contributed by atoms with E-state index in [1.165, 1.54) is 0 Å². The predicted octanol–water partition coefficient (Wildman–Crippen LogP) is 1.70. The summed E-state index contributed by atoms with van der Waals surface area (Å²) < 4.78 is 5.23. The van der Waals surface area contributed by atoms with E-state index >= 15 is 0 Å². The molecule has 0 spiro atoms. The van der Waals surface area contributed by atoms with Crippen molar-refractivity contribution in [3.05, 3.63) is 0 Å². The summed E-state index contributed by atoms with van der Waals surface area (Å²) in [5.74, 6) is 0.717. The van der Waals surface area contributed by atoms with Crippen LogP contribution in [0.25, 0.3) is 0 Å². The largest absolute Gasteiger partial charge is 0.367 e. The van der Waals surface area contributed by atoms with Crippen molar-refractivity contribution >= 4 is 23.4 Å². The van der Waals surface area contributed by atoms with Gasteiger partial charge in [0.2, 0.25) is 0 Å². The number of rotatable bonds is 1. The van der Waals surface area contributed by atoms with Crippen molar-refractivity contribution in [3.8, 4) is 0 Å². The number of thioether (sulfide) groups is 1. The second kappa shape index (κ2) is 2.95. The maximum absolute atomic E-state index is 5.57. The quantitative estimate of drug-likeness (QED) is 0.529. The van der Waals surface area contributed by atoms with Crippen molar-refractivity contribution < 1.29 is 4.74 Å². The van der Waals surface area contributed by atoms with Gasteiger partial charge in [-0.2, -0.15) is 0 Å². The number of hydrogen-bond donors (Lipinski definition) is 0. The van der Waals surface area contributed by atoms with Crippen molar-refractivity contribution in [2.24, 2.45) is 0 Å². The maximum atomic E-state index is 5.57. The molecule has 0 aromatic rings. The van der Waals surface area contributed by atoms with Gasteiger partial charge in [0.15, 0.2) is 0 Å². The molecule has 0 saturated carbocycles. The van der Waals surface area contributed by atoms with E-state index in [0.717, 1.165) is 12.5 Å². The third-order valence-electron chi connectivity index (χ3n) is 1.07. The van der Waals surface area contributed by atoms with Crippen LogP contribution >= 0.6 is 23.4 Å². The molecule has 1 rings (SSSR count). The average molecular weight is 153 g/mol. The van der Waals surface area contributed by atoms with Crippen LogP contribution in [0.3, 0.4) is 0 Å². The summed E-state index contributed by atoms with van der Waals surface area (Å²) in [5, 5.41) is 0.534. The normalized spacial score (nSPS) is 38.2. The topological polar surface area (TPSA) is 9.23 Å². The highest BCUT2D eigenvalue weighted by molar-refractivity contribution is 8.00. The first-order valence-corrected chi connectivity index (χ1v) is 4.13. The maximum Gasteiger partial charge on any atom is 0.100 e. The lowest BCUT2D eigenvalue weighted by Crippen LogP contribution is -2.03. The first-order chi connectivity index (χ1) is 3.83. The fourth-order valence-corrected chi connectivity index (χ4v) is 1.91. The van der Waals surface area contributed by atoms with Gasteiger partial charge in [-0.25, -0.2) is 0 Å². The van der Waals surface area contributed by atoms with Gasteiger partial charge >= 0.3 is 0 Å². The van der Waals surface area contributed by atoms with Crippen LogP contribution in [0, 0.1) is 0 Å². The zero-order chi connectivity index (χ0) is 5.98. The monoisotopic (exact) mass is 152 g/mol. The fraction of sp³-hybridized carbons (Fsp3) is 1.00. The Morgan fingerprint density at radius 1 is 1.88 bits per heavy atom. The highest BCUT2D eigenvalue weighted by Gasteiger charge is 2.20. The molecule has 1 aliphatic heterocycles. The fourth-order valence-electron chi connectivity index (χ4n) is 0.673. The zero-order valence-corrected chi connectivity index (χ0v) is 6.34. The molecule has 1 saturated heterocycles. The summed E-state index contributed by atoms with van der Waals surface area (Å²) in [6, 6.07) is 0. The molecular formula is C5H9ClOS. The van der Waals surface area contributed by atoms with Crippen molar-refractivity contribution in [3.63, 3.8) is 0 Å². The summed E-state index contributed by atoms with van der Waals surface area (Å²) in [5.41, 5.74) is 0.360. The Hall–Kier alpha value is 0.600. The molecule has 1 heterocycles. The van der Waals surface area contributed by atoms with Gasteiger partial charge in [-0.1, -0.05) is 0 Å². The molecule has 8 heavy (non-hydrogen) atoms. The van der Waals surface area contributed by atoms with Crippen LogP contribution < -0.4 is 0 Å². The van der Waals surface area contributed by atoms with E-state index in [0.29, 0.717) is 10.7 Å². The highest BCUT2D eigenvalue weighted by Crippen LogP contribution is 2.27. The Bertz CT molecular complexity index is 78.8. The first kappa shape index (κ1) is 6.72. The lowest BCUT2D eigenvalue weighted by Gasteiger charge is -1.97. The van der Waals surface area contributed by atoms with Crippen molar-refractivity contribution in [2.75, 3.05) is 12.5 Å². The summed E-state index contributed by atoms with van der Waals surface area (Å²) in [7, 11) is 0. The van der Waals surface area contributed by atoms with Crippen LogP contribution in [-0.4, -0.2) is 23.2 Å². The number of alkyl halides is 1. The van der Waals surface area contributed by atoms with E-state index in [2.05, 4.69) is 6.92 Å². The minimum atomic E-state index is 0.360. The van der Waals surface area contributed by atoms with Gasteiger partial charge in [0.05, 0.1) is 6.61 Å². The Morgan fingerprint density at radius 2 is 2.62 bits per heavy atom. The van der Waals surface area contributed by atoms with Crippen LogP contribution in [0.4, 0.5) is 0 Å². The Kier molecular flexibility index (Phi) is 2.47. The van der Waals surface area contributed by atoms with E-state index in [4.69, 9.17) is 16.3 Å². The molecule has 2 unspecified atom stereocenters. The average Bonchev–Trinajstić information content (AvgIpc) is 2.14. The van der Waals surface area contributed by atoms with Gasteiger partial charge in [0.25, 0.3) is 0 Å². The van der Waals surface area contributed by atoms with Gasteiger partial charge in [0, 0.05) is 11.1 Å². The molecule has 0 aromatic carbocycles. The molecule has 1 fully saturated rings. The minimum Gasteiger partial charge on any atom is -0.367 e. The first-order valence-electron chi connectivity index (χ1n) is 2.66. The molecule has 48 valence electrons. The molecule has 1 nitrogen and oxygen atoms in total. The molecule has 0 radical (unpaired) electrons. The van der Waals surface area contributed by atoms with Crippen molar-refractivity contribution in [1.82, 2.24) is 0 Å². The molecule has 1 aliphatic rings. The Balaban J connectivity index is 2.22. The van der Waals surface area contributed by atoms with Crippen LogP contribution in [-0.2, 0) is 4.74 Å². The van der Waals surface area contributed by atoms with E-state index in [9.17, 15) is 0 Å². The predicted molar refractivity (Wildman–Crippen MR) is 37.5 cm³/mol. The van der Waals surface area contributed by atoms with Gasteiger partial charge in [-0.3, -0.25) is 0 Å². The van der Waals surface area contributed by atoms with Gasteiger partial charge < -0.3 is 4.74 Å². The summed E-state index contributed by atoms with van der Waals surface area (Å²) in [6.45, 7) is 2.88. The lowest BCUT2D eigenvalue weighted by atomic mass is 10.5. The van der Waals surface area contributed by atoms with Crippen molar-refractivity contribution in [1.29, 1.82) is 0 Å². The highest BCUT2D eigenvalue weighted by atomic mass is 35.5. The Morgan fingerprint density at radius 3 is 2.88 bits per heavy atom. The molecule has 0 amide bonds. The van der Waals surface area contributed by atoms with Crippen LogP contribution in [0.15, 0.2) is 0 Å². The van der Waals surface area contributed by atoms with E-state index in [-0.39, 0.29) is 0 Å². The van der Waals surface area contributed by atoms with E-state index in [1.807, 2.05) is 11.8 Å². The van der Waals surface area contributed by atoms with E-state index < -0.39 is 0 Å². The summed E-state index contributed by atoms with van der Waals surface area (Å²) in [6.07, 6.45) is 0. The third kappa shape index (κ3) is 1.54. The van der Waals surface area contributed by atoms with Crippen LogP contribution in [0.2, 0.25) is 0 Å². The summed E-state index contributed by atoms with van der Waals surface area (Å²) in [4.78, 5) is 0. The second-order valence-corrected chi connectivity index (χ2v) is 3.72. The zero-order valence-electron chi connectivity index (χ0n) is 4.76. The van der Waals surface area contributed by atoms with Gasteiger partial charge in [0.1, 0.15) is 5.44 Å². The standard InChI is InChI=1S/C5H9ClOS/c1-4-7-3-5(2-6)8-4/h4-5H,2-3H2,1H3. The number of ether oxygens (including phenoxy) is 1. The molecule has 2 atom stereocenters. The minimum absolute atomic E-state index is 0.360. The summed E-state index contributed by atoms with van der Waals surface area (Å²) >= 11 is 7.38. The lowest BCUT2D eigenvalue weighted by molar-refractivity contribution is 0.147. The number of hydrogen-bond acceptors (Lipinski definition) is 2. The van der Waals surface area contributed by atoms with Gasteiger partial charge in [-0.05, 0) is 6.92 Å². The van der Waals surface area contributed by atoms with Crippen molar-refractivity contribution in [2.45, 2.75) is 17.6 Å². The molecule has 0 aliphatic carbocycles. The molecule has 0 N–H and O–H groups in total. The second-order valence-electron chi connectivity index (χ2n) is 1.81.